The van der Waals surface area contributed by atoms with Crippen molar-refractivity contribution >= 4 is 6.16 Å². The van der Waals surface area contributed by atoms with E-state index in [0.717, 1.165) is 19.3 Å². The van der Waals surface area contributed by atoms with Crippen molar-refractivity contribution in [3.63, 3.8) is 0 Å². The molecule has 4 nitrogen and oxygen atoms in total. The van der Waals surface area contributed by atoms with E-state index >= 15 is 0 Å². The summed E-state index contributed by atoms with van der Waals surface area (Å²) >= 11 is 0. The number of hydrogen-bond acceptors (Lipinski definition) is 4. The van der Waals surface area contributed by atoms with Crippen molar-refractivity contribution in [2.75, 3.05) is 0 Å². The van der Waals surface area contributed by atoms with E-state index in [-0.39, 0.29) is 18.3 Å². The molecule has 0 radical (unpaired) electrons. The van der Waals surface area contributed by atoms with Gasteiger partial charge in [0.25, 0.3) is 0 Å². The second-order valence-corrected chi connectivity index (χ2v) is 5.96. The monoisotopic (exact) mass is 270 g/mol. The van der Waals surface area contributed by atoms with E-state index in [2.05, 4.69) is 19.1 Å². The van der Waals surface area contributed by atoms with Gasteiger partial charge in [-0.1, -0.05) is 19.1 Å². The summed E-state index contributed by atoms with van der Waals surface area (Å²) in [7, 11) is 0. The van der Waals surface area contributed by atoms with Gasteiger partial charge in [0.1, 0.15) is 11.7 Å². The van der Waals surface area contributed by atoms with Crippen LogP contribution in [0.4, 0.5) is 4.79 Å². The van der Waals surface area contributed by atoms with Crippen LogP contribution in [-0.2, 0) is 14.2 Å². The van der Waals surface area contributed by atoms with Gasteiger partial charge >= 0.3 is 6.16 Å². The average Bonchev–Trinajstić information content (AvgIpc) is 2.56. The summed E-state index contributed by atoms with van der Waals surface area (Å²) in [5.74, 6) is 0. The molecule has 19 heavy (non-hydrogen) atoms. The van der Waals surface area contributed by atoms with Crippen LogP contribution in [0, 0.1) is 0 Å². The quantitative estimate of drug-likeness (QED) is 0.575. The third kappa shape index (κ3) is 6.10. The first-order valence-electron chi connectivity index (χ1n) is 7.02. The maximum atomic E-state index is 11.7. The lowest BCUT2D eigenvalue weighted by Crippen LogP contribution is -2.31. The Labute approximate surface area is 116 Å². The molecule has 0 unspecified atom stereocenters. The topological polar surface area (TPSA) is 44.8 Å². The summed E-state index contributed by atoms with van der Waals surface area (Å²) in [6.07, 6.45) is 5.89. The highest BCUT2D eigenvalue weighted by Gasteiger charge is 2.36. The Balaban J connectivity index is 2.49. The van der Waals surface area contributed by atoms with Gasteiger partial charge in [-0.25, -0.2) is 4.79 Å². The lowest BCUT2D eigenvalue weighted by molar-refractivity contribution is -0.0463. The van der Waals surface area contributed by atoms with Gasteiger partial charge in [0.05, 0.1) is 12.2 Å². The van der Waals surface area contributed by atoms with Crippen LogP contribution in [0.25, 0.3) is 0 Å². The molecule has 0 saturated carbocycles. The zero-order chi connectivity index (χ0) is 14.5. The van der Waals surface area contributed by atoms with Gasteiger partial charge in [0.15, 0.2) is 0 Å². The first kappa shape index (κ1) is 16.0. The lowest BCUT2D eigenvalue weighted by Gasteiger charge is -2.22. The standard InChI is InChI=1S/C15H26O4/c1-6-7-8-9-12-13(10-11(2)17-12)18-14(16)19-15(3,4)5/h7-8,11-13H,6,9-10H2,1-5H3/b8-7-/t11-,12-,13-/m0/s1. The average molecular weight is 270 g/mol. The molecule has 3 atom stereocenters. The number of hydrogen-bond donors (Lipinski definition) is 0. The smallest absolute Gasteiger partial charge is 0.429 e. The second-order valence-electron chi connectivity index (χ2n) is 5.96. The molecule has 1 fully saturated rings. The Bertz CT molecular complexity index is 317. The fraction of sp³-hybridized carbons (Fsp3) is 0.800. The minimum atomic E-state index is -0.611. The number of carbonyl (C=O) groups excluding carboxylic acids is 1. The molecular formula is C15H26O4. The lowest BCUT2D eigenvalue weighted by atomic mass is 10.1. The molecule has 0 aromatic carbocycles. The molecule has 1 saturated heterocycles. The Kier molecular flexibility index (Phi) is 5.85. The van der Waals surface area contributed by atoms with Gasteiger partial charge in [0, 0.05) is 6.42 Å². The second kappa shape index (κ2) is 6.94. The minimum absolute atomic E-state index is 0.0645. The Hall–Kier alpha value is -1.03. The van der Waals surface area contributed by atoms with Crippen LogP contribution in [0.15, 0.2) is 12.2 Å². The fourth-order valence-corrected chi connectivity index (χ4v) is 2.05. The molecule has 0 aliphatic carbocycles. The maximum Gasteiger partial charge on any atom is 0.509 e. The fourth-order valence-electron chi connectivity index (χ4n) is 2.05. The van der Waals surface area contributed by atoms with Crippen LogP contribution in [0.5, 0.6) is 0 Å². The molecule has 0 N–H and O–H groups in total. The van der Waals surface area contributed by atoms with Gasteiger partial charge in [-0.05, 0) is 40.5 Å². The van der Waals surface area contributed by atoms with Crippen LogP contribution in [0.2, 0.25) is 0 Å². The van der Waals surface area contributed by atoms with E-state index in [1.807, 2.05) is 27.7 Å². The highest BCUT2D eigenvalue weighted by molar-refractivity contribution is 5.60. The van der Waals surface area contributed by atoms with Crippen LogP contribution in [0.3, 0.4) is 0 Å². The summed E-state index contributed by atoms with van der Waals surface area (Å²) in [5, 5.41) is 0. The molecule has 0 aromatic heterocycles. The third-order valence-electron chi connectivity index (χ3n) is 2.79. The SMILES string of the molecule is CC/C=C\C[C@@H]1O[C@@H](C)C[C@@H]1OC(=O)OC(C)(C)C. The first-order chi connectivity index (χ1) is 8.81. The molecule has 1 rings (SSSR count). The number of ether oxygens (including phenoxy) is 3. The van der Waals surface area contributed by atoms with Crippen molar-refractivity contribution in [2.24, 2.45) is 0 Å². The van der Waals surface area contributed by atoms with E-state index in [1.165, 1.54) is 0 Å². The van der Waals surface area contributed by atoms with Gasteiger partial charge in [-0.15, -0.1) is 0 Å². The van der Waals surface area contributed by atoms with Gasteiger partial charge in [0.2, 0.25) is 0 Å². The van der Waals surface area contributed by atoms with E-state index in [4.69, 9.17) is 14.2 Å². The molecule has 1 aliphatic heterocycles. The van der Waals surface area contributed by atoms with E-state index in [9.17, 15) is 4.79 Å². The summed E-state index contributed by atoms with van der Waals surface area (Å²) in [6, 6.07) is 0. The van der Waals surface area contributed by atoms with Crippen molar-refractivity contribution < 1.29 is 19.0 Å². The molecule has 4 heteroatoms. The summed E-state index contributed by atoms with van der Waals surface area (Å²) in [6.45, 7) is 9.55. The van der Waals surface area contributed by atoms with Crippen molar-refractivity contribution in [3.8, 4) is 0 Å². The zero-order valence-corrected chi connectivity index (χ0v) is 12.6. The molecule has 0 amide bonds. The largest absolute Gasteiger partial charge is 0.509 e. The van der Waals surface area contributed by atoms with E-state index in [1.54, 1.807) is 0 Å². The van der Waals surface area contributed by atoms with E-state index in [0.29, 0.717) is 0 Å². The van der Waals surface area contributed by atoms with Crippen molar-refractivity contribution in [2.45, 2.75) is 77.8 Å². The Morgan fingerprint density at radius 3 is 2.63 bits per heavy atom. The molecule has 1 heterocycles. The van der Waals surface area contributed by atoms with Gasteiger partial charge < -0.3 is 14.2 Å². The van der Waals surface area contributed by atoms with Crippen LogP contribution < -0.4 is 0 Å². The Morgan fingerprint density at radius 1 is 1.37 bits per heavy atom. The van der Waals surface area contributed by atoms with Gasteiger partial charge in [-0.3, -0.25) is 0 Å². The van der Waals surface area contributed by atoms with Gasteiger partial charge in [-0.2, -0.15) is 0 Å². The van der Waals surface area contributed by atoms with Crippen molar-refractivity contribution in [1.82, 2.24) is 0 Å². The maximum absolute atomic E-state index is 11.7. The van der Waals surface area contributed by atoms with E-state index < -0.39 is 11.8 Å². The molecule has 0 spiro atoms. The Morgan fingerprint density at radius 2 is 2.05 bits per heavy atom. The highest BCUT2D eigenvalue weighted by atomic mass is 16.7. The molecule has 110 valence electrons. The predicted octanol–water partition coefficient (Wildman–Crippen LogP) is 3.84. The molecular weight excluding hydrogens is 244 g/mol. The summed E-state index contributed by atoms with van der Waals surface area (Å²) in [4.78, 5) is 11.7. The number of carbonyl (C=O) groups is 1. The molecule has 0 bridgehead atoms. The van der Waals surface area contributed by atoms with Crippen LogP contribution >= 0.6 is 0 Å². The normalized spacial score (nSPS) is 27.7. The third-order valence-corrected chi connectivity index (χ3v) is 2.79. The first-order valence-corrected chi connectivity index (χ1v) is 7.02. The van der Waals surface area contributed by atoms with Crippen molar-refractivity contribution in [3.05, 3.63) is 12.2 Å². The summed E-state index contributed by atoms with van der Waals surface area (Å²) in [5.41, 5.74) is -0.528. The predicted molar refractivity (Wildman–Crippen MR) is 74.1 cm³/mol. The minimum Gasteiger partial charge on any atom is -0.429 e. The van der Waals surface area contributed by atoms with Crippen LogP contribution in [0.1, 0.15) is 53.9 Å². The molecule has 0 aromatic rings. The highest BCUT2D eigenvalue weighted by Crippen LogP contribution is 2.26. The summed E-state index contributed by atoms with van der Waals surface area (Å²) < 4.78 is 16.3. The number of rotatable bonds is 4. The van der Waals surface area contributed by atoms with Crippen molar-refractivity contribution in [1.29, 1.82) is 0 Å². The zero-order valence-electron chi connectivity index (χ0n) is 12.6. The molecule has 1 aliphatic rings. The number of allylic oxidation sites excluding steroid dienone is 1. The van der Waals surface area contributed by atoms with Crippen LogP contribution in [-0.4, -0.2) is 30.1 Å².